The molecule has 0 spiro atoms. The first-order valence-corrected chi connectivity index (χ1v) is 10.5. The molecule has 109 valence electrons. The predicted molar refractivity (Wildman–Crippen MR) is 98.2 cm³/mol. The molecule has 0 aliphatic heterocycles. The van der Waals surface area contributed by atoms with Gasteiger partial charge in [-0.1, -0.05) is 48.5 Å². The van der Waals surface area contributed by atoms with Crippen LogP contribution >= 0.6 is 22.2 Å². The van der Waals surface area contributed by atoms with E-state index < -0.39 is 7.42 Å². The highest BCUT2D eigenvalue weighted by molar-refractivity contribution is 7.39. The van der Waals surface area contributed by atoms with Gasteiger partial charge in [-0.25, -0.2) is 0 Å². The molecule has 3 rings (SSSR count). The highest BCUT2D eigenvalue weighted by Crippen LogP contribution is 2.33. The number of halogens is 2. The topological polar surface area (TPSA) is 3.24 Å². The number of nitrogens with zero attached hydrogens (tertiary/aromatic N) is 1. The lowest BCUT2D eigenvalue weighted by Crippen LogP contribution is -2.18. The summed E-state index contributed by atoms with van der Waals surface area (Å²) < 4.78 is 0. The fraction of sp³-hybridized carbons (Fsp3) is 0. The van der Waals surface area contributed by atoms with Crippen LogP contribution in [0.2, 0.25) is 0 Å². The SMILES string of the molecule is Cl[Si](Cl)c1ccc(N(c2ccccc2)c2ccccc2)cc1. The third-order valence-corrected chi connectivity index (χ3v) is 5.45. The Hall–Kier alpha value is -1.74. The van der Waals surface area contributed by atoms with E-state index in [0.717, 1.165) is 22.2 Å². The van der Waals surface area contributed by atoms with Crippen molar-refractivity contribution in [1.29, 1.82) is 0 Å². The molecule has 0 aromatic heterocycles. The Morgan fingerprint density at radius 3 is 1.36 bits per heavy atom. The van der Waals surface area contributed by atoms with Crippen molar-refractivity contribution in [1.82, 2.24) is 0 Å². The lowest BCUT2D eigenvalue weighted by molar-refractivity contribution is 1.29. The van der Waals surface area contributed by atoms with E-state index >= 15 is 0 Å². The number of para-hydroxylation sites is 2. The van der Waals surface area contributed by atoms with Crippen molar-refractivity contribution in [2.75, 3.05) is 4.90 Å². The van der Waals surface area contributed by atoms with Gasteiger partial charge in [-0.05, 0) is 41.6 Å². The molecule has 0 saturated carbocycles. The van der Waals surface area contributed by atoms with Crippen LogP contribution < -0.4 is 10.1 Å². The van der Waals surface area contributed by atoms with E-state index in [4.69, 9.17) is 22.2 Å². The van der Waals surface area contributed by atoms with Gasteiger partial charge in [0.15, 0.2) is 0 Å². The summed E-state index contributed by atoms with van der Waals surface area (Å²) in [6, 6.07) is 28.7. The predicted octanol–water partition coefficient (Wildman–Crippen LogP) is 5.33. The van der Waals surface area contributed by atoms with Crippen LogP contribution in [0.4, 0.5) is 17.1 Å². The van der Waals surface area contributed by atoms with Gasteiger partial charge in [0.25, 0.3) is 0 Å². The Balaban J connectivity index is 2.06. The van der Waals surface area contributed by atoms with Crippen LogP contribution in [0, 0.1) is 0 Å². The van der Waals surface area contributed by atoms with Gasteiger partial charge in [-0.3, -0.25) is 0 Å². The zero-order valence-corrected chi connectivity index (χ0v) is 14.3. The Bertz CT molecular complexity index is 676. The Kier molecular flexibility index (Phi) is 4.83. The number of hydrogen-bond donors (Lipinski definition) is 0. The Labute approximate surface area is 141 Å². The zero-order valence-electron chi connectivity index (χ0n) is 11.8. The average Bonchev–Trinajstić information content (AvgIpc) is 2.57. The molecule has 4 heteroatoms. The van der Waals surface area contributed by atoms with E-state index in [1.165, 1.54) is 0 Å². The second-order valence-corrected chi connectivity index (χ2v) is 8.76. The highest BCUT2D eigenvalue weighted by Gasteiger charge is 2.13. The summed E-state index contributed by atoms with van der Waals surface area (Å²) in [5, 5.41) is 0.998. The van der Waals surface area contributed by atoms with Crippen LogP contribution in [0.3, 0.4) is 0 Å². The van der Waals surface area contributed by atoms with Crippen LogP contribution in [0.5, 0.6) is 0 Å². The summed E-state index contributed by atoms with van der Waals surface area (Å²) in [5.74, 6) is 0. The van der Waals surface area contributed by atoms with E-state index in [1.807, 2.05) is 48.5 Å². The van der Waals surface area contributed by atoms with E-state index in [2.05, 4.69) is 41.3 Å². The molecule has 0 saturated heterocycles. The van der Waals surface area contributed by atoms with E-state index in [0.29, 0.717) is 0 Å². The van der Waals surface area contributed by atoms with Crippen molar-refractivity contribution in [3.05, 3.63) is 84.9 Å². The van der Waals surface area contributed by atoms with Gasteiger partial charge in [-0.15, -0.1) is 22.2 Å². The molecule has 0 N–H and O–H groups in total. The molecule has 0 heterocycles. The first-order chi connectivity index (χ1) is 10.8. The maximum atomic E-state index is 6.02. The second kappa shape index (κ2) is 7.01. The molecule has 0 bridgehead atoms. The van der Waals surface area contributed by atoms with Gasteiger partial charge in [0.2, 0.25) is 0 Å². The van der Waals surface area contributed by atoms with Crippen molar-refractivity contribution in [3.8, 4) is 0 Å². The maximum Gasteiger partial charge on any atom is 0.307 e. The van der Waals surface area contributed by atoms with Gasteiger partial charge in [0.1, 0.15) is 0 Å². The number of rotatable bonds is 4. The molecular formula is C18H14Cl2NSi. The van der Waals surface area contributed by atoms with Crippen molar-refractivity contribution in [3.63, 3.8) is 0 Å². The second-order valence-electron chi connectivity index (χ2n) is 4.81. The molecular weight excluding hydrogens is 329 g/mol. The Morgan fingerprint density at radius 1 is 0.545 bits per heavy atom. The molecule has 3 aromatic carbocycles. The van der Waals surface area contributed by atoms with Crippen LogP contribution in [-0.2, 0) is 0 Å². The van der Waals surface area contributed by atoms with Crippen molar-refractivity contribution in [2.24, 2.45) is 0 Å². The lowest BCUT2D eigenvalue weighted by atomic mass is 10.2. The molecule has 0 aliphatic rings. The van der Waals surface area contributed by atoms with E-state index in [-0.39, 0.29) is 0 Å². The molecule has 1 radical (unpaired) electrons. The summed E-state index contributed by atoms with van der Waals surface area (Å²) in [7, 11) is -1.46. The van der Waals surface area contributed by atoms with Gasteiger partial charge in [-0.2, -0.15) is 0 Å². The lowest BCUT2D eigenvalue weighted by Gasteiger charge is -2.25. The molecule has 0 aliphatic carbocycles. The van der Waals surface area contributed by atoms with Crippen molar-refractivity contribution >= 4 is 51.8 Å². The third-order valence-electron chi connectivity index (χ3n) is 3.37. The minimum atomic E-state index is -1.46. The smallest absolute Gasteiger partial charge is 0.307 e. The monoisotopic (exact) mass is 342 g/mol. The molecule has 3 aromatic rings. The molecule has 22 heavy (non-hydrogen) atoms. The summed E-state index contributed by atoms with van der Waals surface area (Å²) in [6.07, 6.45) is 0. The molecule has 0 fully saturated rings. The van der Waals surface area contributed by atoms with Crippen LogP contribution in [-0.4, -0.2) is 7.42 Å². The quantitative estimate of drug-likeness (QED) is 0.457. The average molecular weight is 343 g/mol. The van der Waals surface area contributed by atoms with Gasteiger partial charge in [0, 0.05) is 17.1 Å². The third kappa shape index (κ3) is 3.35. The van der Waals surface area contributed by atoms with Gasteiger partial charge < -0.3 is 4.90 Å². The molecule has 0 atom stereocenters. The van der Waals surface area contributed by atoms with Crippen molar-refractivity contribution < 1.29 is 0 Å². The molecule has 0 unspecified atom stereocenters. The first-order valence-electron chi connectivity index (χ1n) is 6.94. The summed E-state index contributed by atoms with van der Waals surface area (Å²) >= 11 is 12.0. The fourth-order valence-electron chi connectivity index (χ4n) is 2.34. The number of benzene rings is 3. The summed E-state index contributed by atoms with van der Waals surface area (Å²) in [6.45, 7) is 0. The largest absolute Gasteiger partial charge is 0.311 e. The Morgan fingerprint density at radius 2 is 0.955 bits per heavy atom. The molecule has 0 amide bonds. The molecule has 1 nitrogen and oxygen atoms in total. The van der Waals surface area contributed by atoms with E-state index in [9.17, 15) is 0 Å². The minimum absolute atomic E-state index is 0.998. The fourth-order valence-corrected chi connectivity index (χ4v) is 3.51. The number of anilines is 3. The highest BCUT2D eigenvalue weighted by atomic mass is 35.7. The van der Waals surface area contributed by atoms with Crippen LogP contribution in [0.25, 0.3) is 0 Å². The maximum absolute atomic E-state index is 6.02. The normalized spacial score (nSPS) is 10.7. The van der Waals surface area contributed by atoms with E-state index in [1.54, 1.807) is 0 Å². The van der Waals surface area contributed by atoms with Crippen LogP contribution in [0.1, 0.15) is 0 Å². The van der Waals surface area contributed by atoms with Crippen LogP contribution in [0.15, 0.2) is 84.9 Å². The van der Waals surface area contributed by atoms with Gasteiger partial charge >= 0.3 is 7.42 Å². The standard InChI is InChI=1S/C18H14Cl2NSi/c19-22(20)18-13-11-17(12-14-18)21(15-7-3-1-4-8-15)16-9-5-2-6-10-16/h1-14H. The summed E-state index contributed by atoms with van der Waals surface area (Å²) in [4.78, 5) is 2.21. The van der Waals surface area contributed by atoms with Crippen molar-refractivity contribution in [2.45, 2.75) is 0 Å². The first kappa shape index (κ1) is 15.2. The zero-order chi connectivity index (χ0) is 15.4. The number of hydrogen-bond acceptors (Lipinski definition) is 1. The minimum Gasteiger partial charge on any atom is -0.311 e. The van der Waals surface area contributed by atoms with Gasteiger partial charge in [0.05, 0.1) is 0 Å². The summed E-state index contributed by atoms with van der Waals surface area (Å²) in [5.41, 5.74) is 3.31.